The van der Waals surface area contributed by atoms with Gasteiger partial charge in [0.2, 0.25) is 0 Å². The number of allylic oxidation sites excluding steroid dienone is 1. The van der Waals surface area contributed by atoms with Crippen LogP contribution in [0.2, 0.25) is 0 Å². The largest absolute Gasteiger partial charge is 0.478 e. The lowest BCUT2D eigenvalue weighted by atomic mass is 10.1. The molecule has 1 saturated carbocycles. The van der Waals surface area contributed by atoms with E-state index in [1.165, 1.54) is 6.07 Å². The van der Waals surface area contributed by atoms with Gasteiger partial charge in [-0.2, -0.15) is 0 Å². The van der Waals surface area contributed by atoms with Crippen molar-refractivity contribution in [2.24, 2.45) is 5.92 Å². The highest BCUT2D eigenvalue weighted by Crippen LogP contribution is 2.31. The van der Waals surface area contributed by atoms with Crippen molar-refractivity contribution >= 4 is 26.7 Å². The molecule has 6 heteroatoms. The number of hydrogen-bond acceptors (Lipinski definition) is 3. The van der Waals surface area contributed by atoms with Crippen LogP contribution in [-0.4, -0.2) is 29.8 Å². The van der Waals surface area contributed by atoms with Crippen LogP contribution in [0, 0.1) is 5.92 Å². The number of aromatic carboxylic acids is 1. The summed E-state index contributed by atoms with van der Waals surface area (Å²) in [5, 5.41) is 10.0. The molecule has 0 saturated heterocycles. The van der Waals surface area contributed by atoms with E-state index in [0.717, 1.165) is 12.8 Å². The van der Waals surface area contributed by atoms with E-state index in [1.54, 1.807) is 24.4 Å². The van der Waals surface area contributed by atoms with E-state index in [1.807, 2.05) is 24.5 Å². The molecule has 128 valence electrons. The van der Waals surface area contributed by atoms with Crippen LogP contribution >= 0.6 is 0 Å². The van der Waals surface area contributed by atoms with Crippen molar-refractivity contribution in [3.63, 3.8) is 0 Å². The average molecular weight is 347 g/mol. The minimum atomic E-state index is -3.56. The Morgan fingerprint density at radius 2 is 2.08 bits per heavy atom. The van der Waals surface area contributed by atoms with Gasteiger partial charge in [0.05, 0.1) is 21.7 Å². The molecule has 1 fully saturated rings. The van der Waals surface area contributed by atoms with Crippen molar-refractivity contribution in [2.45, 2.75) is 37.6 Å². The smallest absolute Gasteiger partial charge is 0.336 e. The van der Waals surface area contributed by atoms with Crippen LogP contribution < -0.4 is 0 Å². The maximum absolute atomic E-state index is 12.6. The van der Waals surface area contributed by atoms with Crippen LogP contribution in [-0.2, 0) is 9.84 Å². The van der Waals surface area contributed by atoms with E-state index in [-0.39, 0.29) is 22.3 Å². The van der Waals surface area contributed by atoms with Gasteiger partial charge in [-0.15, -0.1) is 0 Å². The van der Waals surface area contributed by atoms with E-state index in [2.05, 4.69) is 0 Å². The number of sulfone groups is 1. The van der Waals surface area contributed by atoms with Crippen LogP contribution in [0.3, 0.4) is 0 Å². The predicted octanol–water partition coefficient (Wildman–Crippen LogP) is 3.66. The molecule has 1 N–H and O–H groups in total. The number of aromatic nitrogens is 1. The fourth-order valence-corrected chi connectivity index (χ4v) is 3.95. The summed E-state index contributed by atoms with van der Waals surface area (Å²) in [7, 11) is -3.56. The van der Waals surface area contributed by atoms with Gasteiger partial charge in [0.25, 0.3) is 0 Å². The molecule has 0 amide bonds. The Labute approximate surface area is 141 Å². The van der Waals surface area contributed by atoms with Gasteiger partial charge < -0.3 is 9.67 Å². The molecule has 2 aromatic rings. The molecule has 3 rings (SSSR count). The molecular formula is C18H21NO4S. The SMILES string of the molecule is CC(C)n1ccc2c(C(=O)O)cc(S(=O)(=O)CC=CC3CC3)cc21. The monoisotopic (exact) mass is 347 g/mol. The van der Waals surface area contributed by atoms with Crippen molar-refractivity contribution < 1.29 is 18.3 Å². The van der Waals surface area contributed by atoms with Crippen molar-refractivity contribution in [3.8, 4) is 0 Å². The number of benzene rings is 1. The van der Waals surface area contributed by atoms with Gasteiger partial charge in [0.15, 0.2) is 9.84 Å². The molecule has 1 aromatic heterocycles. The van der Waals surface area contributed by atoms with Crippen LogP contribution in [0.5, 0.6) is 0 Å². The first kappa shape index (κ1) is 16.8. The lowest BCUT2D eigenvalue weighted by Gasteiger charge is -2.11. The Hall–Kier alpha value is -2.08. The van der Waals surface area contributed by atoms with Crippen LogP contribution in [0.15, 0.2) is 41.4 Å². The Morgan fingerprint density at radius 3 is 2.67 bits per heavy atom. The van der Waals surface area contributed by atoms with Crippen LogP contribution in [0.4, 0.5) is 0 Å². The Bertz CT molecular complexity index is 918. The molecule has 24 heavy (non-hydrogen) atoms. The third-order valence-electron chi connectivity index (χ3n) is 4.30. The molecule has 0 bridgehead atoms. The summed E-state index contributed by atoms with van der Waals surface area (Å²) in [6.07, 6.45) is 7.65. The maximum atomic E-state index is 12.6. The van der Waals surface area contributed by atoms with Gasteiger partial charge in [0, 0.05) is 17.6 Å². The molecule has 1 aliphatic carbocycles. The summed E-state index contributed by atoms with van der Waals surface area (Å²) >= 11 is 0. The maximum Gasteiger partial charge on any atom is 0.336 e. The Balaban J connectivity index is 2.09. The molecule has 5 nitrogen and oxygen atoms in total. The van der Waals surface area contributed by atoms with E-state index in [9.17, 15) is 18.3 Å². The lowest BCUT2D eigenvalue weighted by Crippen LogP contribution is -2.08. The molecule has 0 aliphatic heterocycles. The molecule has 0 spiro atoms. The van der Waals surface area contributed by atoms with E-state index >= 15 is 0 Å². The van der Waals surface area contributed by atoms with E-state index in [0.29, 0.717) is 16.8 Å². The zero-order valence-electron chi connectivity index (χ0n) is 13.8. The highest BCUT2D eigenvalue weighted by atomic mass is 32.2. The molecule has 1 aliphatic rings. The molecule has 1 aromatic carbocycles. The first-order valence-corrected chi connectivity index (χ1v) is 9.72. The van der Waals surface area contributed by atoms with Gasteiger partial charge in [0.1, 0.15) is 0 Å². The number of carbonyl (C=O) groups is 1. The minimum Gasteiger partial charge on any atom is -0.478 e. The number of hydrogen-bond donors (Lipinski definition) is 1. The lowest BCUT2D eigenvalue weighted by molar-refractivity contribution is 0.0699. The second-order valence-electron chi connectivity index (χ2n) is 6.57. The van der Waals surface area contributed by atoms with Crippen molar-refractivity contribution in [2.75, 3.05) is 5.75 Å². The third kappa shape index (κ3) is 3.24. The van der Waals surface area contributed by atoms with E-state index < -0.39 is 15.8 Å². The molecular weight excluding hydrogens is 326 g/mol. The zero-order valence-corrected chi connectivity index (χ0v) is 14.6. The second-order valence-corrected chi connectivity index (χ2v) is 8.61. The quantitative estimate of drug-likeness (QED) is 0.809. The predicted molar refractivity (Wildman–Crippen MR) is 93.2 cm³/mol. The highest BCUT2D eigenvalue weighted by Gasteiger charge is 2.22. The summed E-state index contributed by atoms with van der Waals surface area (Å²) in [6.45, 7) is 3.94. The minimum absolute atomic E-state index is 0.0247. The highest BCUT2D eigenvalue weighted by molar-refractivity contribution is 7.91. The standard InChI is InChI=1S/C18H21NO4S/c1-12(2)19-8-7-15-16(18(20)21)10-14(11-17(15)19)24(22,23)9-3-4-13-5-6-13/h3-4,7-8,10-13H,5-6,9H2,1-2H3,(H,20,21). The summed E-state index contributed by atoms with van der Waals surface area (Å²) in [6, 6.07) is 4.69. The van der Waals surface area contributed by atoms with Crippen molar-refractivity contribution in [1.29, 1.82) is 0 Å². The van der Waals surface area contributed by atoms with Gasteiger partial charge in [-0.25, -0.2) is 13.2 Å². The Kier molecular flexibility index (Phi) is 4.25. The molecule has 0 unspecified atom stereocenters. The van der Waals surface area contributed by atoms with Crippen molar-refractivity contribution in [3.05, 3.63) is 42.1 Å². The normalized spacial score (nSPS) is 15.6. The van der Waals surface area contributed by atoms with Gasteiger partial charge in [-0.05, 0) is 50.8 Å². The Morgan fingerprint density at radius 1 is 1.38 bits per heavy atom. The van der Waals surface area contributed by atoms with Crippen molar-refractivity contribution in [1.82, 2.24) is 4.57 Å². The first-order chi connectivity index (χ1) is 11.3. The summed E-state index contributed by atoms with van der Waals surface area (Å²) in [5.41, 5.74) is 0.659. The van der Waals surface area contributed by atoms with Gasteiger partial charge in [-0.3, -0.25) is 0 Å². The summed E-state index contributed by atoms with van der Waals surface area (Å²) in [4.78, 5) is 11.6. The number of nitrogens with zero attached hydrogens (tertiary/aromatic N) is 1. The number of carboxylic acid groups (broad SMARTS) is 1. The van der Waals surface area contributed by atoms with Gasteiger partial charge in [-0.1, -0.05) is 12.2 Å². The summed E-state index contributed by atoms with van der Waals surface area (Å²) in [5.74, 6) is -0.710. The zero-order chi connectivity index (χ0) is 17.5. The van der Waals surface area contributed by atoms with E-state index in [4.69, 9.17) is 0 Å². The number of carboxylic acids is 1. The fraction of sp³-hybridized carbons (Fsp3) is 0.389. The number of rotatable bonds is 6. The summed E-state index contributed by atoms with van der Waals surface area (Å²) < 4.78 is 27.1. The van der Waals surface area contributed by atoms with Crippen LogP contribution in [0.1, 0.15) is 43.1 Å². The third-order valence-corrected chi connectivity index (χ3v) is 5.89. The topological polar surface area (TPSA) is 76.4 Å². The average Bonchev–Trinajstić information content (AvgIpc) is 3.22. The van der Waals surface area contributed by atoms with Gasteiger partial charge >= 0.3 is 5.97 Å². The second kappa shape index (κ2) is 6.09. The molecule has 0 atom stereocenters. The molecule has 1 heterocycles. The first-order valence-electron chi connectivity index (χ1n) is 8.07. The van der Waals surface area contributed by atoms with Crippen LogP contribution in [0.25, 0.3) is 10.9 Å². The fourth-order valence-electron chi connectivity index (χ4n) is 2.80. The number of fused-ring (bicyclic) bond motifs is 1. The molecule has 0 radical (unpaired) electrons.